The molecule has 0 fully saturated rings. The van der Waals surface area contributed by atoms with E-state index in [2.05, 4.69) is 0 Å². The third kappa shape index (κ3) is 8.36. The Morgan fingerprint density at radius 2 is 1.78 bits per heavy atom. The average Bonchev–Trinajstić information content (AvgIpc) is 2.21. The van der Waals surface area contributed by atoms with E-state index >= 15 is 0 Å². The Morgan fingerprint density at radius 1 is 1.22 bits per heavy atom. The molecule has 0 radical (unpaired) electrons. The summed E-state index contributed by atoms with van der Waals surface area (Å²) in [6, 6.07) is -0.991. The monoisotopic (exact) mass is 270 g/mol. The standard InChI is InChI=1S/C9H13F3N2O4/c1-14(5-4-9(10,11)12)8(18)13-6(15)2-3-7(16)17/h2-5H2,1H3,(H,16,17)(H,13,15,18). The molecule has 0 saturated carbocycles. The molecule has 0 aromatic rings. The molecule has 0 saturated heterocycles. The van der Waals surface area contributed by atoms with Crippen LogP contribution in [-0.4, -0.2) is 47.7 Å². The van der Waals surface area contributed by atoms with Gasteiger partial charge in [0.25, 0.3) is 0 Å². The van der Waals surface area contributed by atoms with Crippen LogP contribution in [0, 0.1) is 0 Å². The smallest absolute Gasteiger partial charge is 0.390 e. The molecular formula is C9H13F3N2O4. The molecule has 0 heterocycles. The summed E-state index contributed by atoms with van der Waals surface area (Å²) in [5, 5.41) is 10.1. The van der Waals surface area contributed by atoms with Gasteiger partial charge in [-0.25, -0.2) is 4.79 Å². The molecule has 18 heavy (non-hydrogen) atoms. The molecule has 0 atom stereocenters. The van der Waals surface area contributed by atoms with Gasteiger partial charge in [0.05, 0.1) is 12.8 Å². The largest absolute Gasteiger partial charge is 0.481 e. The fraction of sp³-hybridized carbons (Fsp3) is 0.667. The zero-order valence-corrected chi connectivity index (χ0v) is 9.58. The summed E-state index contributed by atoms with van der Waals surface area (Å²) >= 11 is 0. The molecule has 0 rings (SSSR count). The number of amides is 3. The van der Waals surface area contributed by atoms with Gasteiger partial charge in [0.2, 0.25) is 5.91 Å². The second-order valence-corrected chi connectivity index (χ2v) is 3.53. The van der Waals surface area contributed by atoms with Crippen molar-refractivity contribution in [2.45, 2.75) is 25.4 Å². The number of aliphatic carboxylic acids is 1. The number of carboxylic acid groups (broad SMARTS) is 1. The lowest BCUT2D eigenvalue weighted by Gasteiger charge is -2.18. The normalized spacial score (nSPS) is 10.9. The van der Waals surface area contributed by atoms with Gasteiger partial charge >= 0.3 is 18.2 Å². The minimum absolute atomic E-state index is 0.409. The van der Waals surface area contributed by atoms with Gasteiger partial charge < -0.3 is 10.0 Å². The maximum Gasteiger partial charge on any atom is 0.390 e. The molecule has 0 bridgehead atoms. The zero-order chi connectivity index (χ0) is 14.3. The number of nitrogens with one attached hydrogen (secondary N) is 1. The van der Waals surface area contributed by atoms with Crippen molar-refractivity contribution in [1.29, 1.82) is 0 Å². The highest BCUT2D eigenvalue weighted by molar-refractivity contribution is 5.95. The lowest BCUT2D eigenvalue weighted by atomic mass is 10.3. The lowest BCUT2D eigenvalue weighted by molar-refractivity contribution is -0.139. The number of nitrogens with zero attached hydrogens (tertiary/aromatic N) is 1. The van der Waals surface area contributed by atoms with Crippen LogP contribution in [0.5, 0.6) is 0 Å². The first-order valence-electron chi connectivity index (χ1n) is 4.95. The molecule has 0 aromatic carbocycles. The van der Waals surface area contributed by atoms with E-state index in [9.17, 15) is 27.6 Å². The Kier molecular flexibility index (Phi) is 6.14. The molecule has 0 aliphatic heterocycles. The Balaban J connectivity index is 4.00. The van der Waals surface area contributed by atoms with Crippen LogP contribution in [0.25, 0.3) is 0 Å². The number of imide groups is 1. The fourth-order valence-corrected chi connectivity index (χ4v) is 0.894. The van der Waals surface area contributed by atoms with Gasteiger partial charge in [-0.15, -0.1) is 0 Å². The number of urea groups is 1. The van der Waals surface area contributed by atoms with Crippen molar-refractivity contribution in [3.05, 3.63) is 0 Å². The van der Waals surface area contributed by atoms with E-state index in [1.165, 1.54) is 0 Å². The van der Waals surface area contributed by atoms with Gasteiger partial charge in [-0.3, -0.25) is 14.9 Å². The summed E-state index contributed by atoms with van der Waals surface area (Å²) < 4.78 is 35.6. The van der Waals surface area contributed by atoms with E-state index in [1.807, 2.05) is 0 Å². The molecule has 6 nitrogen and oxygen atoms in total. The first kappa shape index (κ1) is 16.2. The van der Waals surface area contributed by atoms with Gasteiger partial charge in [0, 0.05) is 20.0 Å². The Morgan fingerprint density at radius 3 is 2.22 bits per heavy atom. The van der Waals surface area contributed by atoms with E-state index in [1.54, 1.807) is 5.32 Å². The van der Waals surface area contributed by atoms with E-state index in [4.69, 9.17) is 5.11 Å². The van der Waals surface area contributed by atoms with Crippen LogP contribution in [0.4, 0.5) is 18.0 Å². The predicted molar refractivity (Wildman–Crippen MR) is 53.7 cm³/mol. The summed E-state index contributed by atoms with van der Waals surface area (Å²) in [6.07, 6.45) is -6.43. The number of halogens is 3. The van der Waals surface area contributed by atoms with Crippen molar-refractivity contribution in [1.82, 2.24) is 10.2 Å². The maximum atomic E-state index is 11.9. The highest BCUT2D eigenvalue weighted by atomic mass is 19.4. The van der Waals surface area contributed by atoms with E-state index in [0.29, 0.717) is 4.90 Å². The van der Waals surface area contributed by atoms with E-state index < -0.39 is 49.9 Å². The van der Waals surface area contributed by atoms with Gasteiger partial charge in [-0.05, 0) is 0 Å². The Labute approximate surface area is 101 Å². The van der Waals surface area contributed by atoms with E-state index in [0.717, 1.165) is 7.05 Å². The molecule has 104 valence electrons. The number of carboxylic acids is 1. The molecular weight excluding hydrogens is 257 g/mol. The Hall–Kier alpha value is -1.80. The number of carbonyl (C=O) groups is 3. The van der Waals surface area contributed by atoms with Gasteiger partial charge in [-0.1, -0.05) is 0 Å². The van der Waals surface area contributed by atoms with Crippen LogP contribution in [-0.2, 0) is 9.59 Å². The van der Waals surface area contributed by atoms with Gasteiger partial charge in [0.15, 0.2) is 0 Å². The summed E-state index contributed by atoms with van der Waals surface area (Å²) in [5.74, 6) is -2.05. The van der Waals surface area contributed by atoms with Crippen molar-refractivity contribution < 1.29 is 32.7 Å². The summed E-state index contributed by atoms with van der Waals surface area (Å²) in [4.78, 5) is 33.1. The molecule has 3 amide bonds. The highest BCUT2D eigenvalue weighted by Crippen LogP contribution is 2.19. The summed E-state index contributed by atoms with van der Waals surface area (Å²) in [5.41, 5.74) is 0. The van der Waals surface area contributed by atoms with Crippen molar-refractivity contribution in [2.75, 3.05) is 13.6 Å². The first-order chi connectivity index (χ1) is 8.11. The molecule has 9 heteroatoms. The molecule has 0 aliphatic carbocycles. The number of carbonyl (C=O) groups excluding carboxylic acids is 2. The molecule has 0 unspecified atom stereocenters. The number of hydrogen-bond acceptors (Lipinski definition) is 3. The minimum atomic E-state index is -4.39. The first-order valence-corrected chi connectivity index (χ1v) is 4.95. The zero-order valence-electron chi connectivity index (χ0n) is 9.58. The summed E-state index contributed by atoms with van der Waals surface area (Å²) in [6.45, 7) is -0.582. The fourth-order valence-electron chi connectivity index (χ4n) is 0.894. The topological polar surface area (TPSA) is 86.7 Å². The number of alkyl halides is 3. The van der Waals surface area contributed by atoms with Crippen LogP contribution in [0.15, 0.2) is 0 Å². The average molecular weight is 270 g/mol. The van der Waals surface area contributed by atoms with Crippen LogP contribution in [0.2, 0.25) is 0 Å². The van der Waals surface area contributed by atoms with Crippen LogP contribution in [0.1, 0.15) is 19.3 Å². The van der Waals surface area contributed by atoms with Crippen LogP contribution >= 0.6 is 0 Å². The van der Waals surface area contributed by atoms with E-state index in [-0.39, 0.29) is 0 Å². The second kappa shape index (κ2) is 6.82. The van der Waals surface area contributed by atoms with Crippen molar-refractivity contribution in [3.8, 4) is 0 Å². The molecule has 0 aromatic heterocycles. The lowest BCUT2D eigenvalue weighted by Crippen LogP contribution is -2.42. The van der Waals surface area contributed by atoms with Crippen molar-refractivity contribution in [2.24, 2.45) is 0 Å². The second-order valence-electron chi connectivity index (χ2n) is 3.53. The third-order valence-corrected chi connectivity index (χ3v) is 1.89. The summed E-state index contributed by atoms with van der Waals surface area (Å²) in [7, 11) is 1.10. The van der Waals surface area contributed by atoms with Crippen molar-refractivity contribution in [3.63, 3.8) is 0 Å². The quantitative estimate of drug-likeness (QED) is 0.779. The Bertz CT molecular complexity index is 330. The molecule has 0 aliphatic rings. The number of hydrogen-bond donors (Lipinski definition) is 2. The van der Waals surface area contributed by atoms with Crippen LogP contribution < -0.4 is 5.32 Å². The highest BCUT2D eigenvalue weighted by Gasteiger charge is 2.28. The molecule has 0 spiro atoms. The minimum Gasteiger partial charge on any atom is -0.481 e. The maximum absolute atomic E-state index is 11.9. The van der Waals surface area contributed by atoms with Gasteiger partial charge in [0.1, 0.15) is 0 Å². The number of rotatable bonds is 5. The van der Waals surface area contributed by atoms with Crippen molar-refractivity contribution >= 4 is 17.9 Å². The SMILES string of the molecule is CN(CCC(F)(F)F)C(=O)NC(=O)CCC(=O)O. The predicted octanol–water partition coefficient (Wildman–Crippen LogP) is 0.972. The van der Waals surface area contributed by atoms with Gasteiger partial charge in [-0.2, -0.15) is 13.2 Å². The molecule has 2 N–H and O–H groups in total. The third-order valence-electron chi connectivity index (χ3n) is 1.89. The van der Waals surface area contributed by atoms with Crippen LogP contribution in [0.3, 0.4) is 0 Å².